The fourth-order valence-electron chi connectivity index (χ4n) is 1.81. The third-order valence-corrected chi connectivity index (χ3v) is 2.41. The Labute approximate surface area is 67.4 Å². The van der Waals surface area contributed by atoms with Gasteiger partial charge in [0.25, 0.3) is 0 Å². The number of rotatable bonds is 2. The lowest BCUT2D eigenvalue weighted by Gasteiger charge is -2.02. The Bertz CT molecular complexity index is 175. The van der Waals surface area contributed by atoms with Gasteiger partial charge < -0.3 is 0 Å². The highest BCUT2D eigenvalue weighted by Gasteiger charge is 2.23. The van der Waals surface area contributed by atoms with E-state index in [1.54, 1.807) is 0 Å². The van der Waals surface area contributed by atoms with Crippen molar-refractivity contribution in [3.63, 3.8) is 0 Å². The van der Waals surface area contributed by atoms with Crippen molar-refractivity contribution in [1.29, 1.82) is 10.5 Å². The minimum atomic E-state index is 0.582. The van der Waals surface area contributed by atoms with Crippen LogP contribution in [-0.4, -0.2) is 0 Å². The van der Waals surface area contributed by atoms with Gasteiger partial charge in [0.05, 0.1) is 12.1 Å². The Kier molecular flexibility index (Phi) is 2.93. The van der Waals surface area contributed by atoms with E-state index in [1.807, 2.05) is 0 Å². The molecular formula is C9H12N2. The zero-order chi connectivity index (χ0) is 8.10. The summed E-state index contributed by atoms with van der Waals surface area (Å²) in [7, 11) is 0. The minimum Gasteiger partial charge on any atom is -0.198 e. The van der Waals surface area contributed by atoms with Crippen LogP contribution < -0.4 is 0 Å². The molecule has 0 spiro atoms. The first-order valence-corrected chi connectivity index (χ1v) is 4.10. The molecule has 0 amide bonds. The normalized spacial score (nSPS) is 29.3. The van der Waals surface area contributed by atoms with Crippen molar-refractivity contribution < 1.29 is 0 Å². The average Bonchev–Trinajstić information content (AvgIpc) is 2.38. The predicted octanol–water partition coefficient (Wildman–Crippen LogP) is 2.23. The Morgan fingerprint density at radius 1 is 1.00 bits per heavy atom. The van der Waals surface area contributed by atoms with E-state index in [2.05, 4.69) is 12.1 Å². The molecule has 0 aromatic heterocycles. The van der Waals surface area contributed by atoms with Gasteiger partial charge in [-0.15, -0.1) is 0 Å². The van der Waals surface area contributed by atoms with Crippen molar-refractivity contribution in [2.45, 2.75) is 32.1 Å². The minimum absolute atomic E-state index is 0.582. The Morgan fingerprint density at radius 3 is 1.82 bits per heavy atom. The molecule has 0 heterocycles. The van der Waals surface area contributed by atoms with E-state index in [-0.39, 0.29) is 0 Å². The van der Waals surface area contributed by atoms with E-state index in [0.29, 0.717) is 24.7 Å². The molecule has 0 bridgehead atoms. The highest BCUT2D eigenvalue weighted by atomic mass is 14.3. The van der Waals surface area contributed by atoms with Gasteiger partial charge in [0.1, 0.15) is 0 Å². The fraction of sp³-hybridized carbons (Fsp3) is 0.778. The molecule has 1 rings (SSSR count). The van der Waals surface area contributed by atoms with Crippen molar-refractivity contribution in [1.82, 2.24) is 0 Å². The van der Waals surface area contributed by atoms with Gasteiger partial charge in [-0.05, 0) is 31.1 Å². The maximum Gasteiger partial charge on any atom is 0.0624 e. The number of hydrogen-bond donors (Lipinski definition) is 0. The highest BCUT2D eigenvalue weighted by molar-refractivity contribution is 4.86. The molecule has 1 aliphatic rings. The van der Waals surface area contributed by atoms with Gasteiger partial charge in [0.15, 0.2) is 0 Å². The van der Waals surface area contributed by atoms with Crippen LogP contribution in [0.1, 0.15) is 32.1 Å². The van der Waals surface area contributed by atoms with Crippen LogP contribution in [0.2, 0.25) is 0 Å². The lowest BCUT2D eigenvalue weighted by Crippen LogP contribution is -1.94. The van der Waals surface area contributed by atoms with E-state index < -0.39 is 0 Å². The molecule has 2 heteroatoms. The van der Waals surface area contributed by atoms with Crippen molar-refractivity contribution in [3.8, 4) is 12.1 Å². The molecule has 2 nitrogen and oxygen atoms in total. The zero-order valence-corrected chi connectivity index (χ0v) is 6.58. The number of nitrogens with zero attached hydrogens (tertiary/aromatic N) is 2. The SMILES string of the molecule is N#CC[C@@H]1CC[C@@H](CC#N)C1. The van der Waals surface area contributed by atoms with Crippen molar-refractivity contribution >= 4 is 0 Å². The molecule has 0 aliphatic heterocycles. The second kappa shape index (κ2) is 3.98. The molecule has 58 valence electrons. The van der Waals surface area contributed by atoms with Gasteiger partial charge in [-0.2, -0.15) is 10.5 Å². The van der Waals surface area contributed by atoms with Crippen LogP contribution in [0, 0.1) is 34.5 Å². The van der Waals surface area contributed by atoms with E-state index in [9.17, 15) is 0 Å². The standard InChI is InChI=1S/C9H12N2/c10-5-3-8-1-2-9(7-8)4-6-11/h8-9H,1-4,7H2/t8-,9-/m0/s1. The highest BCUT2D eigenvalue weighted by Crippen LogP contribution is 2.34. The molecule has 0 N–H and O–H groups in total. The quantitative estimate of drug-likeness (QED) is 0.602. The average molecular weight is 148 g/mol. The van der Waals surface area contributed by atoms with Gasteiger partial charge in [0.2, 0.25) is 0 Å². The largest absolute Gasteiger partial charge is 0.198 e. The van der Waals surface area contributed by atoms with Gasteiger partial charge >= 0.3 is 0 Å². The summed E-state index contributed by atoms with van der Waals surface area (Å²) in [5.74, 6) is 1.16. The molecule has 0 aromatic carbocycles. The van der Waals surface area contributed by atoms with Crippen LogP contribution in [0.15, 0.2) is 0 Å². The monoisotopic (exact) mass is 148 g/mol. The molecule has 0 saturated heterocycles. The van der Waals surface area contributed by atoms with Crippen molar-refractivity contribution in [2.75, 3.05) is 0 Å². The summed E-state index contributed by atoms with van der Waals surface area (Å²) < 4.78 is 0. The molecule has 0 unspecified atom stereocenters. The van der Waals surface area contributed by atoms with Crippen molar-refractivity contribution in [2.24, 2.45) is 11.8 Å². The summed E-state index contributed by atoms with van der Waals surface area (Å²) >= 11 is 0. The first-order valence-electron chi connectivity index (χ1n) is 4.10. The third-order valence-electron chi connectivity index (χ3n) is 2.41. The smallest absolute Gasteiger partial charge is 0.0624 e. The molecule has 1 fully saturated rings. The molecule has 1 aliphatic carbocycles. The maximum absolute atomic E-state index is 8.43. The lowest BCUT2D eigenvalue weighted by molar-refractivity contribution is 0.505. The van der Waals surface area contributed by atoms with Crippen LogP contribution in [0.4, 0.5) is 0 Å². The Hall–Kier alpha value is -1.02. The second-order valence-electron chi connectivity index (χ2n) is 3.27. The van der Waals surface area contributed by atoms with Crippen LogP contribution >= 0.6 is 0 Å². The summed E-state index contributed by atoms with van der Waals surface area (Å²) in [5, 5.41) is 16.9. The fourth-order valence-corrected chi connectivity index (χ4v) is 1.81. The van der Waals surface area contributed by atoms with Gasteiger partial charge in [-0.3, -0.25) is 0 Å². The topological polar surface area (TPSA) is 47.6 Å². The number of hydrogen-bond acceptors (Lipinski definition) is 2. The molecule has 0 radical (unpaired) electrons. The molecule has 0 aromatic rings. The van der Waals surface area contributed by atoms with Gasteiger partial charge in [0, 0.05) is 12.8 Å². The summed E-state index contributed by atoms with van der Waals surface area (Å²) in [6.45, 7) is 0. The molecular weight excluding hydrogens is 136 g/mol. The van der Waals surface area contributed by atoms with Crippen molar-refractivity contribution in [3.05, 3.63) is 0 Å². The molecule has 1 saturated carbocycles. The first-order chi connectivity index (χ1) is 5.36. The summed E-state index contributed by atoms with van der Waals surface area (Å²) in [4.78, 5) is 0. The summed E-state index contributed by atoms with van der Waals surface area (Å²) in [5.41, 5.74) is 0. The van der Waals surface area contributed by atoms with E-state index >= 15 is 0 Å². The Morgan fingerprint density at radius 2 is 1.45 bits per heavy atom. The van der Waals surface area contributed by atoms with E-state index in [0.717, 1.165) is 19.3 Å². The summed E-state index contributed by atoms with van der Waals surface area (Å²) in [6, 6.07) is 4.38. The van der Waals surface area contributed by atoms with Gasteiger partial charge in [-0.25, -0.2) is 0 Å². The van der Waals surface area contributed by atoms with Crippen LogP contribution in [0.5, 0.6) is 0 Å². The lowest BCUT2D eigenvalue weighted by atomic mass is 10.0. The van der Waals surface area contributed by atoms with Crippen LogP contribution in [-0.2, 0) is 0 Å². The Balaban J connectivity index is 2.25. The van der Waals surface area contributed by atoms with Crippen LogP contribution in [0.3, 0.4) is 0 Å². The molecule has 11 heavy (non-hydrogen) atoms. The zero-order valence-electron chi connectivity index (χ0n) is 6.58. The molecule has 2 atom stereocenters. The summed E-state index contributed by atoms with van der Waals surface area (Å²) in [6.07, 6.45) is 4.77. The third kappa shape index (κ3) is 2.24. The van der Waals surface area contributed by atoms with E-state index in [1.165, 1.54) is 0 Å². The first kappa shape index (κ1) is 8.08. The van der Waals surface area contributed by atoms with E-state index in [4.69, 9.17) is 10.5 Å². The maximum atomic E-state index is 8.43. The van der Waals surface area contributed by atoms with Crippen LogP contribution in [0.25, 0.3) is 0 Å². The number of nitriles is 2. The van der Waals surface area contributed by atoms with Gasteiger partial charge in [-0.1, -0.05) is 0 Å². The predicted molar refractivity (Wildman–Crippen MR) is 41.3 cm³/mol. The second-order valence-corrected chi connectivity index (χ2v) is 3.27.